The van der Waals surface area contributed by atoms with Crippen molar-refractivity contribution < 1.29 is 9.32 Å². The van der Waals surface area contributed by atoms with Crippen molar-refractivity contribution in [3.8, 4) is 11.4 Å². The van der Waals surface area contributed by atoms with Gasteiger partial charge in [0.05, 0.1) is 0 Å². The van der Waals surface area contributed by atoms with Gasteiger partial charge < -0.3 is 9.42 Å². The SMILES string of the molecule is CCc1ccc(-c2noc(C3CCC(=O)N3Cc3cccc(C)c3)n2)cc1. The van der Waals surface area contributed by atoms with E-state index in [-0.39, 0.29) is 11.9 Å². The molecule has 0 radical (unpaired) electrons. The number of rotatable bonds is 5. The number of hydrogen-bond donors (Lipinski definition) is 0. The minimum atomic E-state index is -0.158. The number of nitrogens with zero attached hydrogens (tertiary/aromatic N) is 3. The van der Waals surface area contributed by atoms with Gasteiger partial charge in [-0.1, -0.05) is 66.2 Å². The van der Waals surface area contributed by atoms with Crippen molar-refractivity contribution in [3.05, 3.63) is 71.1 Å². The topological polar surface area (TPSA) is 59.2 Å². The van der Waals surface area contributed by atoms with Crippen LogP contribution >= 0.6 is 0 Å². The summed E-state index contributed by atoms with van der Waals surface area (Å²) >= 11 is 0. The number of carbonyl (C=O) groups excluding carboxylic acids is 1. The molecular formula is C22H23N3O2. The molecule has 1 aromatic heterocycles. The van der Waals surface area contributed by atoms with E-state index in [1.807, 2.05) is 29.2 Å². The van der Waals surface area contributed by atoms with Crippen LogP contribution in [0.2, 0.25) is 0 Å². The van der Waals surface area contributed by atoms with Gasteiger partial charge in [0, 0.05) is 18.5 Å². The first kappa shape index (κ1) is 17.5. The summed E-state index contributed by atoms with van der Waals surface area (Å²) in [6, 6.07) is 16.3. The van der Waals surface area contributed by atoms with Crippen LogP contribution in [-0.2, 0) is 17.8 Å². The lowest BCUT2D eigenvalue weighted by molar-refractivity contribution is -0.129. The molecule has 0 N–H and O–H groups in total. The van der Waals surface area contributed by atoms with Crippen molar-refractivity contribution in [1.82, 2.24) is 15.0 Å². The molecule has 4 rings (SSSR count). The Labute approximate surface area is 159 Å². The number of carbonyl (C=O) groups is 1. The summed E-state index contributed by atoms with van der Waals surface area (Å²) in [6.45, 7) is 4.75. The quantitative estimate of drug-likeness (QED) is 0.673. The molecule has 3 aromatic rings. The van der Waals surface area contributed by atoms with E-state index in [0.717, 1.165) is 17.5 Å². The number of hydrogen-bond acceptors (Lipinski definition) is 4. The van der Waals surface area contributed by atoms with Crippen LogP contribution in [0.15, 0.2) is 53.1 Å². The molecule has 1 aliphatic rings. The predicted octanol–water partition coefficient (Wildman–Crippen LogP) is 4.47. The van der Waals surface area contributed by atoms with Gasteiger partial charge in [-0.15, -0.1) is 0 Å². The lowest BCUT2D eigenvalue weighted by Gasteiger charge is -2.22. The summed E-state index contributed by atoms with van der Waals surface area (Å²) in [7, 11) is 0. The molecule has 1 atom stereocenters. The molecule has 2 aromatic carbocycles. The van der Waals surface area contributed by atoms with Crippen LogP contribution in [0.1, 0.15) is 48.4 Å². The molecule has 5 heteroatoms. The Balaban J connectivity index is 1.56. The lowest BCUT2D eigenvalue weighted by atomic mass is 10.1. The monoisotopic (exact) mass is 361 g/mol. The van der Waals surface area contributed by atoms with E-state index >= 15 is 0 Å². The molecule has 138 valence electrons. The first-order chi connectivity index (χ1) is 13.1. The molecule has 1 aliphatic heterocycles. The van der Waals surface area contributed by atoms with Crippen molar-refractivity contribution in [3.63, 3.8) is 0 Å². The predicted molar refractivity (Wildman–Crippen MR) is 103 cm³/mol. The highest BCUT2D eigenvalue weighted by Gasteiger charge is 2.36. The molecule has 0 aliphatic carbocycles. The number of aromatic nitrogens is 2. The Kier molecular flexibility index (Phi) is 4.75. The fourth-order valence-corrected chi connectivity index (χ4v) is 3.57. The summed E-state index contributed by atoms with van der Waals surface area (Å²) in [5, 5.41) is 4.14. The number of aryl methyl sites for hydroxylation is 2. The van der Waals surface area contributed by atoms with Crippen LogP contribution in [-0.4, -0.2) is 20.9 Å². The maximum Gasteiger partial charge on any atom is 0.249 e. The van der Waals surface area contributed by atoms with E-state index in [0.29, 0.717) is 31.1 Å². The average Bonchev–Trinajstić information content (AvgIpc) is 3.30. The molecule has 0 saturated carbocycles. The fraction of sp³-hybridized carbons (Fsp3) is 0.318. The molecule has 1 fully saturated rings. The molecule has 0 bridgehead atoms. The van der Waals surface area contributed by atoms with Crippen LogP contribution in [0.25, 0.3) is 11.4 Å². The van der Waals surface area contributed by atoms with Crippen molar-refractivity contribution in [1.29, 1.82) is 0 Å². The van der Waals surface area contributed by atoms with Gasteiger partial charge >= 0.3 is 0 Å². The van der Waals surface area contributed by atoms with Gasteiger partial charge in [-0.2, -0.15) is 4.98 Å². The Hall–Kier alpha value is -2.95. The van der Waals surface area contributed by atoms with Crippen molar-refractivity contribution >= 4 is 5.91 Å². The van der Waals surface area contributed by atoms with Crippen LogP contribution in [0.4, 0.5) is 0 Å². The van der Waals surface area contributed by atoms with E-state index in [1.54, 1.807) is 0 Å². The van der Waals surface area contributed by atoms with Crippen molar-refractivity contribution in [2.45, 2.75) is 45.7 Å². The molecule has 1 saturated heterocycles. The zero-order valence-electron chi connectivity index (χ0n) is 15.7. The van der Waals surface area contributed by atoms with Crippen LogP contribution in [0.5, 0.6) is 0 Å². The summed E-state index contributed by atoms with van der Waals surface area (Å²) < 4.78 is 5.54. The maximum absolute atomic E-state index is 12.4. The number of benzene rings is 2. The maximum atomic E-state index is 12.4. The summed E-state index contributed by atoms with van der Waals surface area (Å²) in [5.41, 5.74) is 4.50. The smallest absolute Gasteiger partial charge is 0.249 e. The zero-order chi connectivity index (χ0) is 18.8. The van der Waals surface area contributed by atoms with Crippen molar-refractivity contribution in [2.24, 2.45) is 0 Å². The fourth-order valence-electron chi connectivity index (χ4n) is 3.57. The van der Waals surface area contributed by atoms with Crippen LogP contribution in [0, 0.1) is 6.92 Å². The third kappa shape index (κ3) is 3.63. The third-order valence-corrected chi connectivity index (χ3v) is 5.11. The number of likely N-dealkylation sites (tertiary alicyclic amines) is 1. The van der Waals surface area contributed by atoms with E-state index in [1.165, 1.54) is 11.1 Å². The molecule has 2 heterocycles. The summed E-state index contributed by atoms with van der Waals surface area (Å²) in [6.07, 6.45) is 2.22. The third-order valence-electron chi connectivity index (χ3n) is 5.11. The van der Waals surface area contributed by atoms with E-state index < -0.39 is 0 Å². The standard InChI is InChI=1S/C22H23N3O2/c1-3-16-7-9-18(10-8-16)21-23-22(27-24-21)19-11-12-20(26)25(19)14-17-6-4-5-15(2)13-17/h4-10,13,19H,3,11-12,14H2,1-2H3. The van der Waals surface area contributed by atoms with Gasteiger partial charge in [0.1, 0.15) is 6.04 Å². The van der Waals surface area contributed by atoms with E-state index in [2.05, 4.69) is 48.3 Å². The Morgan fingerprint density at radius 3 is 2.70 bits per heavy atom. The highest BCUT2D eigenvalue weighted by atomic mass is 16.5. The molecular weight excluding hydrogens is 338 g/mol. The van der Waals surface area contributed by atoms with E-state index in [9.17, 15) is 4.79 Å². The van der Waals surface area contributed by atoms with Gasteiger partial charge in [-0.25, -0.2) is 0 Å². The lowest BCUT2D eigenvalue weighted by Crippen LogP contribution is -2.27. The second-order valence-electron chi connectivity index (χ2n) is 7.07. The minimum absolute atomic E-state index is 0.133. The Morgan fingerprint density at radius 1 is 1.15 bits per heavy atom. The Bertz CT molecular complexity index is 946. The van der Waals surface area contributed by atoms with Crippen LogP contribution in [0.3, 0.4) is 0 Å². The van der Waals surface area contributed by atoms with Gasteiger partial charge in [-0.05, 0) is 30.9 Å². The first-order valence-corrected chi connectivity index (χ1v) is 9.42. The largest absolute Gasteiger partial charge is 0.337 e. The summed E-state index contributed by atoms with van der Waals surface area (Å²) in [4.78, 5) is 18.9. The molecule has 27 heavy (non-hydrogen) atoms. The van der Waals surface area contributed by atoms with Crippen molar-refractivity contribution in [2.75, 3.05) is 0 Å². The zero-order valence-corrected chi connectivity index (χ0v) is 15.7. The second-order valence-corrected chi connectivity index (χ2v) is 7.07. The highest BCUT2D eigenvalue weighted by molar-refractivity contribution is 5.78. The van der Waals surface area contributed by atoms with Crippen LogP contribution < -0.4 is 0 Å². The van der Waals surface area contributed by atoms with Gasteiger partial charge in [0.15, 0.2) is 0 Å². The molecule has 5 nitrogen and oxygen atoms in total. The second kappa shape index (κ2) is 7.35. The van der Waals surface area contributed by atoms with Gasteiger partial charge in [-0.3, -0.25) is 4.79 Å². The van der Waals surface area contributed by atoms with Gasteiger partial charge in [0.2, 0.25) is 17.6 Å². The highest BCUT2D eigenvalue weighted by Crippen LogP contribution is 2.34. The average molecular weight is 361 g/mol. The van der Waals surface area contributed by atoms with E-state index in [4.69, 9.17) is 4.52 Å². The Morgan fingerprint density at radius 2 is 1.96 bits per heavy atom. The minimum Gasteiger partial charge on any atom is -0.337 e. The first-order valence-electron chi connectivity index (χ1n) is 9.42. The number of amides is 1. The summed E-state index contributed by atoms with van der Waals surface area (Å²) in [5.74, 6) is 1.22. The molecule has 1 amide bonds. The van der Waals surface area contributed by atoms with Gasteiger partial charge in [0.25, 0.3) is 0 Å². The molecule has 0 spiro atoms. The molecule has 1 unspecified atom stereocenters. The normalized spacial score (nSPS) is 16.9.